The van der Waals surface area contributed by atoms with Gasteiger partial charge in [-0.1, -0.05) is 12.1 Å². The van der Waals surface area contributed by atoms with Crippen molar-refractivity contribution in [1.82, 2.24) is 5.43 Å². The van der Waals surface area contributed by atoms with Gasteiger partial charge in [-0.15, -0.1) is 0 Å². The van der Waals surface area contributed by atoms with E-state index < -0.39 is 11.9 Å². The number of hydrogen-bond donors (Lipinski definition) is 1. The zero-order chi connectivity index (χ0) is 22.9. The normalized spacial score (nSPS) is 10.3. The molecule has 0 bridgehead atoms. The molecule has 0 aliphatic rings. The van der Waals surface area contributed by atoms with E-state index in [-0.39, 0.29) is 11.3 Å². The molecule has 8 heteroatoms. The lowest BCUT2D eigenvalue weighted by atomic mass is 10.1. The van der Waals surface area contributed by atoms with E-state index in [0.717, 1.165) is 0 Å². The van der Waals surface area contributed by atoms with Crippen LogP contribution in [-0.2, 0) is 0 Å². The molecule has 3 aromatic carbocycles. The molecule has 0 aromatic heterocycles. The van der Waals surface area contributed by atoms with Crippen LogP contribution in [-0.4, -0.2) is 32.3 Å². The third-order valence-corrected chi connectivity index (χ3v) is 4.37. The summed E-state index contributed by atoms with van der Waals surface area (Å²) in [6, 6.07) is 19.7. The van der Waals surface area contributed by atoms with E-state index >= 15 is 0 Å². The minimum atomic E-state index is -0.586. The topological polar surface area (TPSA) is 110 Å². The molecule has 0 fully saturated rings. The highest BCUT2D eigenvalue weighted by Gasteiger charge is 2.16. The molecule has 0 aliphatic carbocycles. The van der Waals surface area contributed by atoms with Gasteiger partial charge in [0.2, 0.25) is 0 Å². The molecule has 3 rings (SSSR count). The van der Waals surface area contributed by atoms with Gasteiger partial charge >= 0.3 is 5.97 Å². The fraction of sp³-hybridized carbons (Fsp3) is 0.0833. The van der Waals surface area contributed by atoms with Crippen molar-refractivity contribution in [3.63, 3.8) is 0 Å². The number of methoxy groups -OCH3 is 2. The summed E-state index contributed by atoms with van der Waals surface area (Å²) in [7, 11) is 2.92. The number of amides is 1. The minimum absolute atomic E-state index is 0.224. The fourth-order valence-electron chi connectivity index (χ4n) is 2.74. The minimum Gasteiger partial charge on any atom is -0.496 e. The van der Waals surface area contributed by atoms with Gasteiger partial charge in [0, 0.05) is 5.56 Å². The lowest BCUT2D eigenvalue weighted by Crippen LogP contribution is -2.17. The Bertz CT molecular complexity index is 1200. The molecular formula is C24H19N3O5. The van der Waals surface area contributed by atoms with E-state index in [1.54, 1.807) is 54.6 Å². The Morgan fingerprint density at radius 3 is 2.34 bits per heavy atom. The van der Waals surface area contributed by atoms with E-state index in [1.165, 1.54) is 32.6 Å². The van der Waals surface area contributed by atoms with Crippen LogP contribution >= 0.6 is 0 Å². The number of nitrogens with one attached hydrogen (secondary N) is 1. The van der Waals surface area contributed by atoms with E-state index in [4.69, 9.17) is 19.5 Å². The highest BCUT2D eigenvalue weighted by molar-refractivity contribution is 5.95. The summed E-state index contributed by atoms with van der Waals surface area (Å²) in [4.78, 5) is 24.6. The van der Waals surface area contributed by atoms with Gasteiger partial charge in [-0.05, 0) is 60.2 Å². The van der Waals surface area contributed by atoms with Crippen molar-refractivity contribution in [3.05, 3.63) is 89.0 Å². The van der Waals surface area contributed by atoms with Crippen LogP contribution in [0.15, 0.2) is 71.8 Å². The largest absolute Gasteiger partial charge is 0.496 e. The van der Waals surface area contributed by atoms with Crippen molar-refractivity contribution in [2.24, 2.45) is 5.10 Å². The van der Waals surface area contributed by atoms with E-state index in [9.17, 15) is 9.59 Å². The van der Waals surface area contributed by atoms with Crippen molar-refractivity contribution in [2.45, 2.75) is 0 Å². The molecular weight excluding hydrogens is 410 g/mol. The Hall–Kier alpha value is -4.64. The van der Waals surface area contributed by atoms with Crippen LogP contribution in [0.4, 0.5) is 0 Å². The zero-order valence-electron chi connectivity index (χ0n) is 17.4. The summed E-state index contributed by atoms with van der Waals surface area (Å²) < 4.78 is 16.0. The number of benzene rings is 3. The number of para-hydroxylation sites is 1. The van der Waals surface area contributed by atoms with Crippen LogP contribution in [0.1, 0.15) is 31.8 Å². The first-order valence-corrected chi connectivity index (χ1v) is 9.42. The Labute approximate surface area is 184 Å². The molecule has 0 saturated heterocycles. The average molecular weight is 429 g/mol. The van der Waals surface area contributed by atoms with Crippen molar-refractivity contribution < 1.29 is 23.8 Å². The predicted octanol–water partition coefficient (Wildman–Crippen LogP) is 3.56. The molecule has 0 radical (unpaired) electrons. The van der Waals surface area contributed by atoms with Crippen molar-refractivity contribution in [3.8, 4) is 23.3 Å². The average Bonchev–Trinajstić information content (AvgIpc) is 2.84. The Balaban J connectivity index is 1.68. The number of hydrogen-bond acceptors (Lipinski definition) is 7. The summed E-state index contributed by atoms with van der Waals surface area (Å²) in [6.07, 6.45) is 1.43. The summed E-state index contributed by atoms with van der Waals surface area (Å²) in [6.45, 7) is 0. The van der Waals surface area contributed by atoms with Gasteiger partial charge in [-0.25, -0.2) is 10.2 Å². The van der Waals surface area contributed by atoms with Crippen LogP contribution in [0, 0.1) is 11.3 Å². The molecule has 1 amide bonds. The first-order valence-electron chi connectivity index (χ1n) is 9.42. The second-order valence-electron chi connectivity index (χ2n) is 6.39. The number of carbonyl (C=O) groups excluding carboxylic acids is 2. The second-order valence-corrected chi connectivity index (χ2v) is 6.39. The molecule has 3 aromatic rings. The molecule has 8 nitrogen and oxygen atoms in total. The molecule has 160 valence electrons. The highest BCUT2D eigenvalue weighted by Crippen LogP contribution is 2.29. The number of ether oxygens (including phenoxy) is 3. The van der Waals surface area contributed by atoms with Crippen molar-refractivity contribution in [1.29, 1.82) is 5.26 Å². The quantitative estimate of drug-likeness (QED) is 0.266. The van der Waals surface area contributed by atoms with Gasteiger partial charge in [0.25, 0.3) is 5.91 Å². The third kappa shape index (κ3) is 5.29. The van der Waals surface area contributed by atoms with Crippen molar-refractivity contribution >= 4 is 18.1 Å². The standard InChI is InChI=1S/C24H19N3O5/c1-30-20-6-4-3-5-19(20)24(29)32-21-12-9-17(13-22(21)31-2)15-26-27-23(28)18-10-7-16(14-25)8-11-18/h3-13,15H,1-2H3,(H,27,28)/b26-15-. The Morgan fingerprint density at radius 1 is 0.938 bits per heavy atom. The SMILES string of the molecule is COc1cc(/C=N\NC(=O)c2ccc(C#N)cc2)ccc1OC(=O)c1ccccc1OC. The molecule has 0 aliphatic heterocycles. The number of nitrogens with zero attached hydrogens (tertiary/aromatic N) is 2. The van der Waals surface area contributed by atoms with Gasteiger partial charge < -0.3 is 14.2 Å². The van der Waals surface area contributed by atoms with Gasteiger partial charge in [0.15, 0.2) is 11.5 Å². The second kappa shape index (κ2) is 10.4. The fourth-order valence-corrected chi connectivity index (χ4v) is 2.74. The molecule has 0 spiro atoms. The summed E-state index contributed by atoms with van der Waals surface area (Å²) in [5, 5.41) is 12.7. The summed E-state index contributed by atoms with van der Waals surface area (Å²) in [5.41, 5.74) is 4.14. The molecule has 0 atom stereocenters. The molecule has 1 N–H and O–H groups in total. The monoisotopic (exact) mass is 429 g/mol. The highest BCUT2D eigenvalue weighted by atomic mass is 16.6. The number of carbonyl (C=O) groups is 2. The molecule has 0 unspecified atom stereocenters. The third-order valence-electron chi connectivity index (χ3n) is 4.37. The lowest BCUT2D eigenvalue weighted by molar-refractivity contribution is 0.0726. The molecule has 0 saturated carbocycles. The smallest absolute Gasteiger partial charge is 0.347 e. The maximum absolute atomic E-state index is 12.5. The molecule has 32 heavy (non-hydrogen) atoms. The maximum atomic E-state index is 12.5. The zero-order valence-corrected chi connectivity index (χ0v) is 17.4. The summed E-state index contributed by atoms with van der Waals surface area (Å²) >= 11 is 0. The number of nitriles is 1. The number of esters is 1. The van der Waals surface area contributed by atoms with Crippen LogP contribution < -0.4 is 19.6 Å². The van der Waals surface area contributed by atoms with E-state index in [2.05, 4.69) is 10.5 Å². The first kappa shape index (κ1) is 22.1. The van der Waals surface area contributed by atoms with E-state index in [1.807, 2.05) is 6.07 Å². The Kier molecular flexibility index (Phi) is 7.17. The van der Waals surface area contributed by atoms with Crippen LogP contribution in [0.5, 0.6) is 17.2 Å². The first-order chi connectivity index (χ1) is 15.5. The molecule has 0 heterocycles. The van der Waals surface area contributed by atoms with Crippen molar-refractivity contribution in [2.75, 3.05) is 14.2 Å². The van der Waals surface area contributed by atoms with Crippen LogP contribution in [0.3, 0.4) is 0 Å². The van der Waals surface area contributed by atoms with Gasteiger partial charge in [-0.3, -0.25) is 4.79 Å². The number of rotatable bonds is 7. The van der Waals surface area contributed by atoms with Gasteiger partial charge in [0.1, 0.15) is 11.3 Å². The van der Waals surface area contributed by atoms with E-state index in [0.29, 0.717) is 28.2 Å². The maximum Gasteiger partial charge on any atom is 0.347 e. The Morgan fingerprint density at radius 2 is 1.66 bits per heavy atom. The number of hydrazone groups is 1. The van der Waals surface area contributed by atoms with Gasteiger partial charge in [-0.2, -0.15) is 10.4 Å². The lowest BCUT2D eigenvalue weighted by Gasteiger charge is -2.11. The van der Waals surface area contributed by atoms with Gasteiger partial charge in [0.05, 0.1) is 32.1 Å². The van der Waals surface area contributed by atoms with Crippen LogP contribution in [0.2, 0.25) is 0 Å². The van der Waals surface area contributed by atoms with Crippen LogP contribution in [0.25, 0.3) is 0 Å². The predicted molar refractivity (Wildman–Crippen MR) is 117 cm³/mol. The summed E-state index contributed by atoms with van der Waals surface area (Å²) in [5.74, 6) is -0.0621.